The number of fused-ring (bicyclic) bond motifs is 1. The van der Waals surface area contributed by atoms with Crippen molar-refractivity contribution in [3.63, 3.8) is 0 Å². The molecule has 7 heteroatoms. The Morgan fingerprint density at radius 1 is 1.33 bits per heavy atom. The van der Waals surface area contributed by atoms with Crippen molar-refractivity contribution in [1.29, 1.82) is 0 Å². The first-order chi connectivity index (χ1) is 11.7. The third-order valence-corrected chi connectivity index (χ3v) is 4.09. The SMILES string of the molecule is Cn1cc(-c2ccc3cnc(NC(=O)C4CCCO4)cc3c2)nn1. The molecule has 3 heterocycles. The minimum atomic E-state index is -0.367. The second-order valence-corrected chi connectivity index (χ2v) is 5.90. The van der Waals surface area contributed by atoms with E-state index in [0.29, 0.717) is 12.4 Å². The number of rotatable bonds is 3. The first-order valence-corrected chi connectivity index (χ1v) is 7.88. The van der Waals surface area contributed by atoms with Crippen molar-refractivity contribution in [3.8, 4) is 11.3 Å². The molecule has 24 heavy (non-hydrogen) atoms. The molecule has 0 saturated carbocycles. The molecule has 1 saturated heterocycles. The summed E-state index contributed by atoms with van der Waals surface area (Å²) < 4.78 is 7.06. The molecule has 1 aromatic carbocycles. The topological polar surface area (TPSA) is 81.9 Å². The molecular formula is C17H17N5O2. The fourth-order valence-corrected chi connectivity index (χ4v) is 2.84. The van der Waals surface area contributed by atoms with Gasteiger partial charge in [0.05, 0.1) is 6.20 Å². The molecule has 2 aromatic heterocycles. The number of amides is 1. The Hall–Kier alpha value is -2.80. The van der Waals surface area contributed by atoms with E-state index in [1.807, 2.05) is 37.5 Å². The molecule has 1 aliphatic rings. The van der Waals surface area contributed by atoms with Crippen molar-refractivity contribution in [2.45, 2.75) is 18.9 Å². The van der Waals surface area contributed by atoms with Gasteiger partial charge < -0.3 is 10.1 Å². The number of anilines is 1. The van der Waals surface area contributed by atoms with Crippen LogP contribution in [-0.2, 0) is 16.6 Å². The summed E-state index contributed by atoms with van der Waals surface area (Å²) in [4.78, 5) is 16.5. The number of ether oxygens (including phenoxy) is 1. The summed E-state index contributed by atoms with van der Waals surface area (Å²) in [6.07, 6.45) is 4.93. The highest BCUT2D eigenvalue weighted by atomic mass is 16.5. The minimum Gasteiger partial charge on any atom is -0.368 e. The van der Waals surface area contributed by atoms with Gasteiger partial charge in [-0.05, 0) is 30.4 Å². The predicted octanol–water partition coefficient (Wildman–Crippen LogP) is 2.15. The van der Waals surface area contributed by atoms with Crippen LogP contribution < -0.4 is 5.32 Å². The minimum absolute atomic E-state index is 0.135. The zero-order valence-corrected chi connectivity index (χ0v) is 13.3. The molecule has 0 radical (unpaired) electrons. The highest BCUT2D eigenvalue weighted by Gasteiger charge is 2.23. The van der Waals surface area contributed by atoms with Gasteiger partial charge in [0.25, 0.3) is 5.91 Å². The summed E-state index contributed by atoms with van der Waals surface area (Å²) in [7, 11) is 1.83. The summed E-state index contributed by atoms with van der Waals surface area (Å²) in [5.41, 5.74) is 1.78. The van der Waals surface area contributed by atoms with Crippen molar-refractivity contribution in [2.24, 2.45) is 7.05 Å². The normalized spacial score (nSPS) is 17.3. The number of aryl methyl sites for hydroxylation is 1. The number of benzene rings is 1. The van der Waals surface area contributed by atoms with E-state index in [1.165, 1.54) is 0 Å². The molecule has 1 unspecified atom stereocenters. The predicted molar refractivity (Wildman–Crippen MR) is 89.3 cm³/mol. The summed E-state index contributed by atoms with van der Waals surface area (Å²) >= 11 is 0. The lowest BCUT2D eigenvalue weighted by Crippen LogP contribution is -2.27. The van der Waals surface area contributed by atoms with E-state index >= 15 is 0 Å². The average molecular weight is 323 g/mol. The van der Waals surface area contributed by atoms with Gasteiger partial charge in [-0.1, -0.05) is 17.3 Å². The maximum atomic E-state index is 12.1. The van der Waals surface area contributed by atoms with Crippen molar-refractivity contribution in [1.82, 2.24) is 20.0 Å². The van der Waals surface area contributed by atoms with Crippen LogP contribution >= 0.6 is 0 Å². The Morgan fingerprint density at radius 3 is 3.00 bits per heavy atom. The number of aromatic nitrogens is 4. The number of carbonyl (C=O) groups excluding carboxylic acids is 1. The van der Waals surface area contributed by atoms with Gasteiger partial charge in [0.15, 0.2) is 0 Å². The third kappa shape index (κ3) is 2.85. The van der Waals surface area contributed by atoms with Gasteiger partial charge in [-0.2, -0.15) is 0 Å². The lowest BCUT2D eigenvalue weighted by Gasteiger charge is -2.10. The molecule has 4 rings (SSSR count). The van der Waals surface area contributed by atoms with Crippen LogP contribution in [-0.4, -0.2) is 38.6 Å². The van der Waals surface area contributed by atoms with E-state index in [9.17, 15) is 4.79 Å². The van der Waals surface area contributed by atoms with E-state index in [0.717, 1.165) is 34.9 Å². The standard InChI is InChI=1S/C17H17N5O2/c1-22-10-14(20-21-22)11-4-5-12-9-18-16(8-13(12)7-11)19-17(23)15-3-2-6-24-15/h4-5,7-10,15H,2-3,6H2,1H3,(H,18,19,23). The maximum absolute atomic E-state index is 12.1. The van der Waals surface area contributed by atoms with Crippen LogP contribution in [0.5, 0.6) is 0 Å². The van der Waals surface area contributed by atoms with Crippen LogP contribution in [0.1, 0.15) is 12.8 Å². The lowest BCUT2D eigenvalue weighted by molar-refractivity contribution is -0.124. The number of hydrogen-bond donors (Lipinski definition) is 1. The molecule has 3 aromatic rings. The number of hydrogen-bond acceptors (Lipinski definition) is 5. The molecule has 1 atom stereocenters. The van der Waals surface area contributed by atoms with Crippen LogP contribution in [0.25, 0.3) is 22.0 Å². The fourth-order valence-electron chi connectivity index (χ4n) is 2.84. The zero-order chi connectivity index (χ0) is 16.5. The molecule has 1 amide bonds. The van der Waals surface area contributed by atoms with Gasteiger partial charge in [-0.25, -0.2) is 4.98 Å². The summed E-state index contributed by atoms with van der Waals surface area (Å²) in [5.74, 6) is 0.392. The second-order valence-electron chi connectivity index (χ2n) is 5.90. The molecule has 0 bridgehead atoms. The Balaban J connectivity index is 1.62. The molecule has 7 nitrogen and oxygen atoms in total. The molecule has 1 N–H and O–H groups in total. The summed E-state index contributed by atoms with van der Waals surface area (Å²) in [6.45, 7) is 0.644. The largest absolute Gasteiger partial charge is 0.368 e. The molecule has 1 fully saturated rings. The molecular weight excluding hydrogens is 306 g/mol. The van der Waals surface area contributed by atoms with Crippen LogP contribution in [0.3, 0.4) is 0 Å². The number of nitrogens with zero attached hydrogens (tertiary/aromatic N) is 4. The highest BCUT2D eigenvalue weighted by Crippen LogP contribution is 2.24. The first-order valence-electron chi connectivity index (χ1n) is 7.88. The lowest BCUT2D eigenvalue weighted by atomic mass is 10.1. The molecule has 1 aliphatic heterocycles. The summed E-state index contributed by atoms with van der Waals surface area (Å²) in [6, 6.07) is 7.85. The molecule has 122 valence electrons. The van der Waals surface area contributed by atoms with Crippen molar-refractivity contribution < 1.29 is 9.53 Å². The Morgan fingerprint density at radius 2 is 2.25 bits per heavy atom. The van der Waals surface area contributed by atoms with Gasteiger partial charge in [-0.15, -0.1) is 5.10 Å². The van der Waals surface area contributed by atoms with Crippen molar-refractivity contribution in [3.05, 3.63) is 36.7 Å². The van der Waals surface area contributed by atoms with E-state index in [2.05, 4.69) is 20.6 Å². The molecule has 0 aliphatic carbocycles. The maximum Gasteiger partial charge on any atom is 0.254 e. The fraction of sp³-hybridized carbons (Fsp3) is 0.294. The smallest absolute Gasteiger partial charge is 0.254 e. The van der Waals surface area contributed by atoms with Gasteiger partial charge >= 0.3 is 0 Å². The van der Waals surface area contributed by atoms with Gasteiger partial charge in [0.1, 0.15) is 17.6 Å². The molecule has 0 spiro atoms. The second kappa shape index (κ2) is 6.01. The Labute approximate surface area is 138 Å². The average Bonchev–Trinajstić information content (AvgIpc) is 3.25. The van der Waals surface area contributed by atoms with Crippen LogP contribution in [0.15, 0.2) is 36.7 Å². The number of nitrogens with one attached hydrogen (secondary N) is 1. The third-order valence-electron chi connectivity index (χ3n) is 4.09. The van der Waals surface area contributed by atoms with E-state index in [1.54, 1.807) is 10.9 Å². The highest BCUT2D eigenvalue weighted by molar-refractivity contribution is 5.96. The Bertz CT molecular complexity index is 899. The summed E-state index contributed by atoms with van der Waals surface area (Å²) in [5, 5.41) is 12.9. The number of pyridine rings is 1. The van der Waals surface area contributed by atoms with E-state index in [-0.39, 0.29) is 12.0 Å². The zero-order valence-electron chi connectivity index (χ0n) is 13.3. The van der Waals surface area contributed by atoms with Crippen molar-refractivity contribution in [2.75, 3.05) is 11.9 Å². The van der Waals surface area contributed by atoms with Crippen LogP contribution in [0.4, 0.5) is 5.82 Å². The monoisotopic (exact) mass is 323 g/mol. The quantitative estimate of drug-likeness (QED) is 0.798. The van der Waals surface area contributed by atoms with Gasteiger partial charge in [0, 0.05) is 30.8 Å². The first kappa shape index (κ1) is 14.8. The van der Waals surface area contributed by atoms with Gasteiger partial charge in [-0.3, -0.25) is 9.48 Å². The van der Waals surface area contributed by atoms with Gasteiger partial charge in [0.2, 0.25) is 0 Å². The number of carbonyl (C=O) groups is 1. The van der Waals surface area contributed by atoms with Crippen molar-refractivity contribution >= 4 is 22.5 Å². The van der Waals surface area contributed by atoms with E-state index in [4.69, 9.17) is 4.74 Å². The van der Waals surface area contributed by atoms with Crippen LogP contribution in [0.2, 0.25) is 0 Å². The Kier molecular flexibility index (Phi) is 3.70. The van der Waals surface area contributed by atoms with Crippen LogP contribution in [0, 0.1) is 0 Å². The van der Waals surface area contributed by atoms with E-state index < -0.39 is 0 Å².